The van der Waals surface area contributed by atoms with Crippen LogP contribution in [-0.4, -0.2) is 31.1 Å². The predicted molar refractivity (Wildman–Crippen MR) is 133 cm³/mol. The number of carbonyl (C=O) groups is 1. The van der Waals surface area contributed by atoms with E-state index in [9.17, 15) is 18.5 Å². The van der Waals surface area contributed by atoms with Gasteiger partial charge in [-0.3, -0.25) is 10.1 Å². The number of carbonyl (C=O) groups excluding carboxylic acids is 1. The highest BCUT2D eigenvalue weighted by atomic mass is 32.2. The van der Waals surface area contributed by atoms with Crippen LogP contribution in [0, 0.1) is 18.3 Å². The van der Waals surface area contributed by atoms with Crippen molar-refractivity contribution in [3.05, 3.63) is 64.2 Å². The Balaban J connectivity index is 1.83. The van der Waals surface area contributed by atoms with Gasteiger partial charge in [-0.25, -0.2) is 0 Å². The molecule has 1 N–H and O–H groups in total. The molecule has 0 atom stereocenters. The van der Waals surface area contributed by atoms with Crippen molar-refractivity contribution in [1.82, 2.24) is 10.2 Å². The minimum Gasteiger partial charge on any atom is -0.490 e. The summed E-state index contributed by atoms with van der Waals surface area (Å²) in [6.45, 7) is 5.85. The predicted octanol–water partition coefficient (Wildman–Crippen LogP) is 4.51. The molecule has 11 heteroatoms. The maximum atomic E-state index is 12.7. The van der Waals surface area contributed by atoms with Crippen LogP contribution in [0.1, 0.15) is 36.4 Å². The van der Waals surface area contributed by atoms with Gasteiger partial charge in [-0.1, -0.05) is 42.0 Å². The summed E-state index contributed by atoms with van der Waals surface area (Å²) in [5.41, 5.74) is 1.20. The van der Waals surface area contributed by atoms with Crippen molar-refractivity contribution in [2.75, 3.05) is 11.9 Å². The molecule has 1 aromatic heterocycles. The number of ether oxygens (including phenoxy) is 1. The van der Waals surface area contributed by atoms with Crippen LogP contribution < -0.4 is 14.2 Å². The Labute approximate surface area is 208 Å². The highest BCUT2D eigenvalue weighted by Crippen LogP contribution is 2.32. The van der Waals surface area contributed by atoms with E-state index in [1.807, 2.05) is 19.9 Å². The van der Waals surface area contributed by atoms with Gasteiger partial charge in [0.2, 0.25) is 5.13 Å². The second kappa shape index (κ2) is 11.6. The SMILES string of the molecule is CCCc1nnc(NC(=O)/C(C#N)=C\c2ccc(OS(=O)(=O)c3ccc(C)cc3)c(OCC)c2)s1. The second-order valence-electron chi connectivity index (χ2n) is 7.36. The quantitative estimate of drug-likeness (QED) is 0.238. The van der Waals surface area contributed by atoms with E-state index < -0.39 is 16.0 Å². The summed E-state index contributed by atoms with van der Waals surface area (Å²) >= 11 is 1.25. The third-order valence-corrected chi connectivity index (χ3v) is 6.75. The molecule has 2 aromatic carbocycles. The molecule has 1 amide bonds. The summed E-state index contributed by atoms with van der Waals surface area (Å²) in [5.74, 6) is -0.486. The van der Waals surface area contributed by atoms with Crippen molar-refractivity contribution in [3.63, 3.8) is 0 Å². The highest BCUT2D eigenvalue weighted by molar-refractivity contribution is 7.87. The number of nitrogens with one attached hydrogen (secondary N) is 1. The first-order valence-corrected chi connectivity index (χ1v) is 13.0. The van der Waals surface area contributed by atoms with Gasteiger partial charge in [0.05, 0.1) is 6.61 Å². The van der Waals surface area contributed by atoms with Gasteiger partial charge in [0.15, 0.2) is 11.5 Å². The first-order chi connectivity index (χ1) is 16.7. The first-order valence-electron chi connectivity index (χ1n) is 10.8. The number of aromatic nitrogens is 2. The molecule has 3 aromatic rings. The van der Waals surface area contributed by atoms with Crippen molar-refractivity contribution in [2.45, 2.75) is 38.5 Å². The number of nitriles is 1. The zero-order valence-corrected chi connectivity index (χ0v) is 21.1. The van der Waals surface area contributed by atoms with Gasteiger partial charge in [-0.15, -0.1) is 10.2 Å². The smallest absolute Gasteiger partial charge is 0.339 e. The highest BCUT2D eigenvalue weighted by Gasteiger charge is 2.20. The molecule has 0 bridgehead atoms. The number of hydrogen-bond acceptors (Lipinski definition) is 9. The van der Waals surface area contributed by atoms with Crippen LogP contribution in [0.3, 0.4) is 0 Å². The first kappa shape index (κ1) is 25.9. The Morgan fingerprint density at radius 2 is 1.89 bits per heavy atom. The molecule has 1 heterocycles. The van der Waals surface area contributed by atoms with E-state index in [-0.39, 0.29) is 28.6 Å². The topological polar surface area (TPSA) is 131 Å². The Bertz CT molecular complexity index is 1370. The fourth-order valence-electron chi connectivity index (χ4n) is 2.92. The van der Waals surface area contributed by atoms with Crippen LogP contribution in [0.15, 0.2) is 52.9 Å². The third-order valence-electron chi connectivity index (χ3n) is 4.60. The molecular weight excluding hydrogens is 488 g/mol. The van der Waals surface area contributed by atoms with Crippen LogP contribution in [-0.2, 0) is 21.3 Å². The normalized spacial score (nSPS) is 11.5. The van der Waals surface area contributed by atoms with Crippen LogP contribution in [0.4, 0.5) is 5.13 Å². The average molecular weight is 513 g/mol. The van der Waals surface area contributed by atoms with Crippen molar-refractivity contribution in [3.8, 4) is 17.6 Å². The Kier molecular flexibility index (Phi) is 8.57. The fraction of sp³-hybridized carbons (Fsp3) is 0.250. The lowest BCUT2D eigenvalue weighted by Crippen LogP contribution is -2.13. The summed E-state index contributed by atoms with van der Waals surface area (Å²) in [6, 6.07) is 12.6. The minimum absolute atomic E-state index is 0.00940. The molecular formula is C24H24N4O5S2. The summed E-state index contributed by atoms with van der Waals surface area (Å²) in [6.07, 6.45) is 3.02. The number of amides is 1. The summed E-state index contributed by atoms with van der Waals surface area (Å²) in [4.78, 5) is 12.6. The molecule has 0 unspecified atom stereocenters. The summed E-state index contributed by atoms with van der Waals surface area (Å²) < 4.78 is 36.2. The Morgan fingerprint density at radius 1 is 1.14 bits per heavy atom. The molecule has 0 saturated heterocycles. The summed E-state index contributed by atoms with van der Waals surface area (Å²) in [7, 11) is -4.09. The number of nitrogens with zero attached hydrogens (tertiary/aromatic N) is 3. The number of benzene rings is 2. The molecule has 35 heavy (non-hydrogen) atoms. The van der Waals surface area contributed by atoms with E-state index >= 15 is 0 Å². The Hall–Kier alpha value is -3.75. The second-order valence-corrected chi connectivity index (χ2v) is 9.97. The minimum atomic E-state index is -4.09. The van der Waals surface area contributed by atoms with E-state index in [0.717, 1.165) is 23.4 Å². The fourth-order valence-corrected chi connectivity index (χ4v) is 4.70. The molecule has 0 radical (unpaired) electrons. The van der Waals surface area contributed by atoms with E-state index in [2.05, 4.69) is 15.5 Å². The molecule has 0 fully saturated rings. The number of rotatable bonds is 10. The molecule has 9 nitrogen and oxygen atoms in total. The Morgan fingerprint density at radius 3 is 2.54 bits per heavy atom. The van der Waals surface area contributed by atoms with Gasteiger partial charge < -0.3 is 8.92 Å². The average Bonchev–Trinajstić information content (AvgIpc) is 3.26. The van der Waals surface area contributed by atoms with Gasteiger partial charge in [-0.2, -0.15) is 13.7 Å². The van der Waals surface area contributed by atoms with Gasteiger partial charge in [-0.05, 0) is 56.2 Å². The van der Waals surface area contributed by atoms with Gasteiger partial charge >= 0.3 is 10.1 Å². The molecule has 0 aliphatic carbocycles. The van der Waals surface area contributed by atoms with Crippen molar-refractivity contribution >= 4 is 38.6 Å². The van der Waals surface area contributed by atoms with Gasteiger partial charge in [0.25, 0.3) is 5.91 Å². The lowest BCUT2D eigenvalue weighted by molar-refractivity contribution is -0.112. The number of hydrogen-bond donors (Lipinski definition) is 1. The zero-order valence-electron chi connectivity index (χ0n) is 19.4. The largest absolute Gasteiger partial charge is 0.490 e. The van der Waals surface area contributed by atoms with Crippen LogP contribution in [0.2, 0.25) is 0 Å². The van der Waals surface area contributed by atoms with Crippen molar-refractivity contribution < 1.29 is 22.1 Å². The van der Waals surface area contributed by atoms with Crippen LogP contribution in [0.25, 0.3) is 6.08 Å². The third kappa shape index (κ3) is 6.88. The molecule has 0 saturated carbocycles. The maximum absolute atomic E-state index is 12.7. The van der Waals surface area contributed by atoms with E-state index in [1.54, 1.807) is 19.1 Å². The lowest BCUT2D eigenvalue weighted by Gasteiger charge is -2.13. The van der Waals surface area contributed by atoms with E-state index in [0.29, 0.717) is 10.7 Å². The van der Waals surface area contributed by atoms with Gasteiger partial charge in [0.1, 0.15) is 21.5 Å². The number of anilines is 1. The molecule has 0 aliphatic heterocycles. The maximum Gasteiger partial charge on any atom is 0.339 e. The molecule has 0 spiro atoms. The summed E-state index contributed by atoms with van der Waals surface area (Å²) in [5, 5.41) is 21.1. The molecule has 3 rings (SSSR count). The molecule has 0 aliphatic rings. The van der Waals surface area contributed by atoms with Crippen LogP contribution in [0.5, 0.6) is 11.5 Å². The van der Waals surface area contributed by atoms with E-state index in [1.165, 1.54) is 47.7 Å². The van der Waals surface area contributed by atoms with E-state index in [4.69, 9.17) is 8.92 Å². The zero-order chi connectivity index (χ0) is 25.4. The number of aryl methyl sites for hydroxylation is 2. The standard InChI is InChI=1S/C24H24N4O5S2/c1-4-6-22-27-28-24(34-22)26-23(29)18(15-25)13-17-9-12-20(21(14-17)32-5-2)33-35(30,31)19-10-7-16(3)8-11-19/h7-14H,4-6H2,1-3H3,(H,26,28,29)/b18-13-. The molecule has 182 valence electrons. The van der Waals surface area contributed by atoms with Crippen LogP contribution >= 0.6 is 11.3 Å². The van der Waals surface area contributed by atoms with Gasteiger partial charge in [0, 0.05) is 6.42 Å². The lowest BCUT2D eigenvalue weighted by atomic mass is 10.1. The monoisotopic (exact) mass is 512 g/mol. The van der Waals surface area contributed by atoms with Crippen molar-refractivity contribution in [1.29, 1.82) is 5.26 Å². The van der Waals surface area contributed by atoms with Crippen molar-refractivity contribution in [2.24, 2.45) is 0 Å².